The SMILES string of the molecule is ClC1(C(c2ccccc2)n2ccnc2)CCc2ccccc2C1. The minimum absolute atomic E-state index is 0.0845. The lowest BCUT2D eigenvalue weighted by atomic mass is 9.77. The van der Waals surface area contributed by atoms with Crippen LogP contribution in [0.5, 0.6) is 0 Å². The lowest BCUT2D eigenvalue weighted by Gasteiger charge is -2.40. The highest BCUT2D eigenvalue weighted by molar-refractivity contribution is 6.24. The second-order valence-electron chi connectivity index (χ2n) is 6.30. The molecule has 2 aromatic carbocycles. The van der Waals surface area contributed by atoms with Crippen molar-refractivity contribution in [1.29, 1.82) is 0 Å². The first kappa shape index (κ1) is 14.5. The highest BCUT2D eigenvalue weighted by Gasteiger charge is 2.41. The Morgan fingerprint density at radius 1 is 1.00 bits per heavy atom. The maximum absolute atomic E-state index is 7.25. The number of benzene rings is 2. The summed E-state index contributed by atoms with van der Waals surface area (Å²) >= 11 is 7.25. The van der Waals surface area contributed by atoms with E-state index < -0.39 is 0 Å². The standard InChI is InChI=1S/C20H19ClN2/c21-20(11-10-16-6-4-5-9-18(16)14-20)19(23-13-12-22-15-23)17-7-2-1-3-8-17/h1-9,12-13,15,19H,10-11,14H2. The second-order valence-corrected chi connectivity index (χ2v) is 7.06. The highest BCUT2D eigenvalue weighted by atomic mass is 35.5. The summed E-state index contributed by atoms with van der Waals surface area (Å²) in [5.74, 6) is 0. The molecule has 1 aromatic heterocycles. The zero-order chi connectivity index (χ0) is 15.7. The van der Waals surface area contributed by atoms with Crippen LogP contribution in [0.1, 0.15) is 29.2 Å². The third kappa shape index (κ3) is 2.68. The van der Waals surface area contributed by atoms with E-state index in [0.29, 0.717) is 0 Å². The number of fused-ring (bicyclic) bond motifs is 1. The number of imidazole rings is 1. The predicted octanol–water partition coefficient (Wildman–Crippen LogP) is 4.64. The summed E-state index contributed by atoms with van der Waals surface area (Å²) < 4.78 is 2.15. The van der Waals surface area contributed by atoms with E-state index in [9.17, 15) is 0 Å². The summed E-state index contributed by atoms with van der Waals surface area (Å²) in [6.07, 6.45) is 8.58. The molecule has 3 aromatic rings. The molecular weight excluding hydrogens is 304 g/mol. The molecule has 0 radical (unpaired) electrons. The van der Waals surface area contributed by atoms with Gasteiger partial charge in [0.15, 0.2) is 0 Å². The molecular formula is C20H19ClN2. The van der Waals surface area contributed by atoms with Gasteiger partial charge in [0.2, 0.25) is 0 Å². The smallest absolute Gasteiger partial charge is 0.0952 e. The van der Waals surface area contributed by atoms with Crippen molar-refractivity contribution in [1.82, 2.24) is 9.55 Å². The van der Waals surface area contributed by atoms with Crippen molar-refractivity contribution in [3.63, 3.8) is 0 Å². The maximum Gasteiger partial charge on any atom is 0.0952 e. The van der Waals surface area contributed by atoms with Crippen LogP contribution in [-0.4, -0.2) is 14.4 Å². The number of aryl methyl sites for hydroxylation is 1. The third-order valence-corrected chi connectivity index (χ3v) is 5.37. The van der Waals surface area contributed by atoms with Gasteiger partial charge in [0.25, 0.3) is 0 Å². The Kier molecular flexibility index (Phi) is 3.70. The van der Waals surface area contributed by atoms with Gasteiger partial charge in [-0.1, -0.05) is 54.6 Å². The summed E-state index contributed by atoms with van der Waals surface area (Å²) in [6, 6.07) is 19.3. The molecule has 0 amide bonds. The monoisotopic (exact) mass is 322 g/mol. The summed E-state index contributed by atoms with van der Waals surface area (Å²) in [6.45, 7) is 0. The van der Waals surface area contributed by atoms with E-state index in [-0.39, 0.29) is 10.9 Å². The molecule has 0 N–H and O–H groups in total. The second kappa shape index (κ2) is 5.86. The number of hydrogen-bond donors (Lipinski definition) is 0. The van der Waals surface area contributed by atoms with Gasteiger partial charge in [-0.15, -0.1) is 11.6 Å². The van der Waals surface area contributed by atoms with Crippen molar-refractivity contribution in [2.24, 2.45) is 0 Å². The first-order valence-corrected chi connectivity index (χ1v) is 8.42. The molecule has 23 heavy (non-hydrogen) atoms. The summed E-state index contributed by atoms with van der Waals surface area (Å²) in [5.41, 5.74) is 4.04. The molecule has 4 rings (SSSR count). The van der Waals surface area contributed by atoms with E-state index >= 15 is 0 Å². The number of hydrogen-bond acceptors (Lipinski definition) is 1. The summed E-state index contributed by atoms with van der Waals surface area (Å²) in [7, 11) is 0. The number of halogens is 1. The quantitative estimate of drug-likeness (QED) is 0.642. The van der Waals surface area contributed by atoms with Crippen molar-refractivity contribution in [2.75, 3.05) is 0 Å². The average molecular weight is 323 g/mol. The lowest BCUT2D eigenvalue weighted by molar-refractivity contribution is 0.371. The van der Waals surface area contributed by atoms with E-state index in [4.69, 9.17) is 11.6 Å². The fourth-order valence-corrected chi connectivity index (χ4v) is 4.23. The van der Waals surface area contributed by atoms with Gasteiger partial charge in [0, 0.05) is 12.4 Å². The number of alkyl halides is 1. The first-order valence-electron chi connectivity index (χ1n) is 8.04. The number of nitrogens with zero attached hydrogens (tertiary/aromatic N) is 2. The average Bonchev–Trinajstić information content (AvgIpc) is 3.09. The number of rotatable bonds is 3. The molecule has 2 nitrogen and oxygen atoms in total. The zero-order valence-electron chi connectivity index (χ0n) is 12.9. The van der Waals surface area contributed by atoms with E-state index in [1.807, 2.05) is 24.8 Å². The van der Waals surface area contributed by atoms with Crippen LogP contribution in [0.25, 0.3) is 0 Å². The molecule has 2 unspecified atom stereocenters. The van der Waals surface area contributed by atoms with Crippen LogP contribution in [-0.2, 0) is 12.8 Å². The van der Waals surface area contributed by atoms with Crippen molar-refractivity contribution in [3.8, 4) is 0 Å². The van der Waals surface area contributed by atoms with Crippen LogP contribution < -0.4 is 0 Å². The molecule has 0 spiro atoms. The topological polar surface area (TPSA) is 17.8 Å². The van der Waals surface area contributed by atoms with Gasteiger partial charge in [-0.2, -0.15) is 0 Å². The molecule has 1 aliphatic carbocycles. The molecule has 3 heteroatoms. The fraction of sp³-hybridized carbons (Fsp3) is 0.250. The molecule has 0 saturated carbocycles. The van der Waals surface area contributed by atoms with Crippen LogP contribution in [0.3, 0.4) is 0 Å². The molecule has 0 aliphatic heterocycles. The Labute approximate surface area is 141 Å². The van der Waals surface area contributed by atoms with Crippen LogP contribution >= 0.6 is 11.6 Å². The van der Waals surface area contributed by atoms with Crippen molar-refractivity contribution >= 4 is 11.6 Å². The Bertz CT molecular complexity index is 782. The van der Waals surface area contributed by atoms with Crippen molar-refractivity contribution < 1.29 is 0 Å². The Morgan fingerprint density at radius 2 is 1.74 bits per heavy atom. The Hall–Kier alpha value is -2.06. The van der Waals surface area contributed by atoms with E-state index in [1.54, 1.807) is 0 Å². The van der Waals surface area contributed by atoms with Crippen LogP contribution in [0.4, 0.5) is 0 Å². The van der Waals surface area contributed by atoms with Crippen LogP contribution in [0.2, 0.25) is 0 Å². The van der Waals surface area contributed by atoms with Gasteiger partial charge in [-0.3, -0.25) is 0 Å². The summed E-state index contributed by atoms with van der Waals surface area (Å²) in [5, 5.41) is 0. The van der Waals surface area contributed by atoms with E-state index in [1.165, 1.54) is 16.7 Å². The Balaban J connectivity index is 1.78. The van der Waals surface area contributed by atoms with E-state index in [0.717, 1.165) is 19.3 Å². The van der Waals surface area contributed by atoms with Gasteiger partial charge in [0.1, 0.15) is 0 Å². The minimum Gasteiger partial charge on any atom is -0.328 e. The van der Waals surface area contributed by atoms with Gasteiger partial charge >= 0.3 is 0 Å². The Morgan fingerprint density at radius 3 is 2.48 bits per heavy atom. The lowest BCUT2D eigenvalue weighted by Crippen LogP contribution is -2.39. The summed E-state index contributed by atoms with van der Waals surface area (Å²) in [4.78, 5) is 3.91. The molecule has 1 heterocycles. The predicted molar refractivity (Wildman–Crippen MR) is 93.9 cm³/mol. The van der Waals surface area contributed by atoms with Gasteiger partial charge in [-0.25, -0.2) is 4.98 Å². The maximum atomic E-state index is 7.25. The van der Waals surface area contributed by atoms with Gasteiger partial charge < -0.3 is 4.57 Å². The normalized spacial score (nSPS) is 21.6. The first-order chi connectivity index (χ1) is 11.3. The van der Waals surface area contributed by atoms with Crippen molar-refractivity contribution in [3.05, 3.63) is 90.0 Å². The molecule has 0 bridgehead atoms. The molecule has 1 aliphatic rings. The third-order valence-electron chi connectivity index (χ3n) is 4.84. The molecule has 0 fully saturated rings. The van der Waals surface area contributed by atoms with E-state index in [2.05, 4.69) is 58.1 Å². The molecule has 0 saturated heterocycles. The van der Waals surface area contributed by atoms with Crippen molar-refractivity contribution in [2.45, 2.75) is 30.2 Å². The number of aromatic nitrogens is 2. The van der Waals surface area contributed by atoms with Gasteiger partial charge in [-0.05, 0) is 36.0 Å². The van der Waals surface area contributed by atoms with Gasteiger partial charge in [0.05, 0.1) is 17.2 Å². The molecule has 116 valence electrons. The highest BCUT2D eigenvalue weighted by Crippen LogP contribution is 2.44. The largest absolute Gasteiger partial charge is 0.328 e. The van der Waals surface area contributed by atoms with Crippen LogP contribution in [0, 0.1) is 0 Å². The zero-order valence-corrected chi connectivity index (χ0v) is 13.7. The minimum atomic E-state index is -0.337. The fourth-order valence-electron chi connectivity index (χ4n) is 3.75. The molecule has 2 atom stereocenters. The van der Waals surface area contributed by atoms with Crippen LogP contribution in [0.15, 0.2) is 73.3 Å².